The number of ketones is 1. The molecule has 4 aliphatic rings. The van der Waals surface area contributed by atoms with Gasteiger partial charge >= 0.3 is 5.97 Å². The first-order valence-corrected chi connectivity index (χ1v) is 14.1. The molecule has 4 aromatic carbocycles. The number of benzene rings is 4. The third-order valence-electron chi connectivity index (χ3n) is 8.72. The van der Waals surface area contributed by atoms with Crippen LogP contribution >= 0.6 is 0 Å². The zero-order chi connectivity index (χ0) is 29.8. The average molecular weight is 571 g/mol. The fraction of sp³-hybridized carbons (Fsp3) is 0.171. The second-order valence-electron chi connectivity index (χ2n) is 11.1. The number of nitrogens with one attached hydrogen (secondary N) is 1. The molecule has 3 amide bonds. The van der Waals surface area contributed by atoms with E-state index in [0.717, 1.165) is 27.2 Å². The smallest absolute Gasteiger partial charge is 0.340 e. The molecule has 1 fully saturated rings. The van der Waals surface area contributed by atoms with E-state index in [-0.39, 0.29) is 40.7 Å². The van der Waals surface area contributed by atoms with Crippen molar-refractivity contribution in [2.75, 3.05) is 16.8 Å². The van der Waals surface area contributed by atoms with Crippen molar-refractivity contribution in [2.45, 2.75) is 18.8 Å². The molecular weight excluding hydrogens is 544 g/mol. The fourth-order valence-corrected chi connectivity index (χ4v) is 6.95. The van der Waals surface area contributed by atoms with Gasteiger partial charge in [-0.3, -0.25) is 19.2 Å². The summed E-state index contributed by atoms with van der Waals surface area (Å²) >= 11 is 0. The van der Waals surface area contributed by atoms with Crippen LogP contribution in [0.15, 0.2) is 97.1 Å². The molecule has 1 saturated heterocycles. The van der Waals surface area contributed by atoms with E-state index in [1.54, 1.807) is 42.5 Å². The summed E-state index contributed by atoms with van der Waals surface area (Å²) in [4.78, 5) is 66.6. The van der Waals surface area contributed by atoms with Crippen LogP contribution in [0.3, 0.4) is 0 Å². The first-order chi connectivity index (χ1) is 20.8. The van der Waals surface area contributed by atoms with Crippen molar-refractivity contribution in [3.05, 3.63) is 130 Å². The number of hydrogen-bond acceptors (Lipinski definition) is 6. The van der Waals surface area contributed by atoms with Crippen molar-refractivity contribution < 1.29 is 28.7 Å². The van der Waals surface area contributed by atoms with E-state index < -0.39 is 30.3 Å². The Morgan fingerprint density at radius 3 is 1.70 bits per heavy atom. The Hall–Kier alpha value is -5.37. The van der Waals surface area contributed by atoms with Crippen LogP contribution < -0.4 is 10.2 Å². The maximum atomic E-state index is 14.1. The Kier molecular flexibility index (Phi) is 6.27. The van der Waals surface area contributed by atoms with E-state index in [2.05, 4.69) is 5.32 Å². The highest BCUT2D eigenvalue weighted by atomic mass is 16.5. The molecule has 3 aliphatic carbocycles. The van der Waals surface area contributed by atoms with Crippen LogP contribution in [0.5, 0.6) is 0 Å². The number of nitrogens with zero attached hydrogens (tertiary/aromatic N) is 1. The molecule has 0 aromatic heterocycles. The van der Waals surface area contributed by atoms with E-state index in [9.17, 15) is 24.0 Å². The minimum atomic E-state index is -0.831. The topological polar surface area (TPSA) is 110 Å². The third kappa shape index (κ3) is 4.17. The zero-order valence-electron chi connectivity index (χ0n) is 23.2. The van der Waals surface area contributed by atoms with Crippen LogP contribution in [0.2, 0.25) is 0 Å². The second-order valence-corrected chi connectivity index (χ2v) is 11.1. The molecule has 0 radical (unpaired) electrons. The maximum Gasteiger partial charge on any atom is 0.340 e. The number of carbonyl (C=O) groups excluding carboxylic acids is 5. The minimum absolute atomic E-state index is 0.0174. The van der Waals surface area contributed by atoms with Gasteiger partial charge in [0.05, 0.1) is 23.1 Å². The molecule has 8 rings (SSSR count). The molecule has 1 heterocycles. The molecule has 4 aromatic rings. The first-order valence-electron chi connectivity index (χ1n) is 14.1. The molecule has 2 bridgehead atoms. The van der Waals surface area contributed by atoms with Gasteiger partial charge in [-0.05, 0) is 65.6 Å². The van der Waals surface area contributed by atoms with Gasteiger partial charge in [0.1, 0.15) is 0 Å². The third-order valence-corrected chi connectivity index (χ3v) is 8.72. The number of para-hydroxylation sites is 1. The van der Waals surface area contributed by atoms with Crippen LogP contribution in [0.4, 0.5) is 11.4 Å². The van der Waals surface area contributed by atoms with E-state index >= 15 is 0 Å². The lowest BCUT2D eigenvalue weighted by atomic mass is 9.55. The molecule has 0 spiro atoms. The van der Waals surface area contributed by atoms with Crippen LogP contribution in [-0.4, -0.2) is 36.1 Å². The van der Waals surface area contributed by atoms with Gasteiger partial charge in [-0.2, -0.15) is 0 Å². The van der Waals surface area contributed by atoms with Crippen molar-refractivity contribution >= 4 is 40.8 Å². The van der Waals surface area contributed by atoms with Crippen molar-refractivity contribution in [1.29, 1.82) is 0 Å². The summed E-state index contributed by atoms with van der Waals surface area (Å²) in [5.41, 5.74) is 5.35. The highest BCUT2D eigenvalue weighted by Gasteiger charge is 2.62. The van der Waals surface area contributed by atoms with E-state index in [4.69, 9.17) is 4.74 Å². The summed E-state index contributed by atoms with van der Waals surface area (Å²) in [5.74, 6) is -3.91. The maximum absolute atomic E-state index is 14.1. The van der Waals surface area contributed by atoms with E-state index in [1.165, 1.54) is 13.0 Å². The highest BCUT2D eigenvalue weighted by Crippen LogP contribution is 2.61. The molecular formula is C35H26N2O6. The predicted octanol–water partition coefficient (Wildman–Crippen LogP) is 5.08. The van der Waals surface area contributed by atoms with Crippen LogP contribution in [-0.2, 0) is 19.1 Å². The number of carbonyl (C=O) groups is 5. The van der Waals surface area contributed by atoms with E-state index in [1.807, 2.05) is 48.5 Å². The molecule has 8 nitrogen and oxygen atoms in total. The van der Waals surface area contributed by atoms with Crippen LogP contribution in [0.1, 0.15) is 61.7 Å². The van der Waals surface area contributed by atoms with Crippen LogP contribution in [0.25, 0.3) is 0 Å². The number of amides is 3. The van der Waals surface area contributed by atoms with Gasteiger partial charge in [-0.1, -0.05) is 60.7 Å². The lowest BCUT2D eigenvalue weighted by molar-refractivity contribution is -0.122. The number of rotatable bonds is 6. The normalized spacial score (nSPS) is 21.1. The molecule has 8 heteroatoms. The van der Waals surface area contributed by atoms with Gasteiger partial charge in [0.15, 0.2) is 12.4 Å². The summed E-state index contributed by atoms with van der Waals surface area (Å²) < 4.78 is 5.32. The Balaban J connectivity index is 1.14. The molecule has 1 N–H and O–H groups in total. The number of esters is 1. The number of ether oxygens (including phenoxy) is 1. The second kappa shape index (κ2) is 10.2. The number of anilines is 2. The quantitative estimate of drug-likeness (QED) is 0.197. The summed E-state index contributed by atoms with van der Waals surface area (Å²) in [6.45, 7) is 0.869. The van der Waals surface area contributed by atoms with Crippen molar-refractivity contribution in [2.24, 2.45) is 11.8 Å². The predicted molar refractivity (Wildman–Crippen MR) is 158 cm³/mol. The molecule has 1 aliphatic heterocycles. The Labute approximate surface area is 247 Å². The lowest BCUT2D eigenvalue weighted by Gasteiger charge is -2.45. The van der Waals surface area contributed by atoms with Gasteiger partial charge < -0.3 is 10.1 Å². The number of imide groups is 1. The summed E-state index contributed by atoms with van der Waals surface area (Å²) in [7, 11) is 0. The van der Waals surface area contributed by atoms with Crippen molar-refractivity contribution in [3.8, 4) is 0 Å². The molecule has 43 heavy (non-hydrogen) atoms. The van der Waals surface area contributed by atoms with Crippen molar-refractivity contribution in [3.63, 3.8) is 0 Å². The SMILES string of the molecule is CC(=O)c1ccc(NC(=O)COC(=O)c2ccccc2N2C(=O)[C@@H]3C4c5ccccc5C(c5ccccc54)[C@@H]3C2=O)cc1. The summed E-state index contributed by atoms with van der Waals surface area (Å²) in [5, 5.41) is 2.62. The number of Topliss-reactive ketones (excluding diaryl/α,β-unsaturated/α-hetero) is 1. The molecule has 0 saturated carbocycles. The molecule has 2 atom stereocenters. The largest absolute Gasteiger partial charge is 0.452 e. The Morgan fingerprint density at radius 2 is 1.19 bits per heavy atom. The summed E-state index contributed by atoms with van der Waals surface area (Å²) in [6, 6.07) is 28.6. The fourth-order valence-electron chi connectivity index (χ4n) is 6.95. The van der Waals surface area contributed by atoms with E-state index in [0.29, 0.717) is 11.3 Å². The van der Waals surface area contributed by atoms with Crippen LogP contribution in [0, 0.1) is 11.8 Å². The first kappa shape index (κ1) is 26.5. The number of hydrogen-bond donors (Lipinski definition) is 1. The zero-order valence-corrected chi connectivity index (χ0v) is 23.2. The Morgan fingerprint density at radius 1 is 0.698 bits per heavy atom. The van der Waals surface area contributed by atoms with Gasteiger partial charge in [0.25, 0.3) is 5.91 Å². The van der Waals surface area contributed by atoms with Gasteiger partial charge in [0.2, 0.25) is 11.8 Å². The van der Waals surface area contributed by atoms with Gasteiger partial charge in [-0.15, -0.1) is 0 Å². The highest BCUT2D eigenvalue weighted by molar-refractivity contribution is 6.25. The minimum Gasteiger partial charge on any atom is -0.452 e. The summed E-state index contributed by atoms with van der Waals surface area (Å²) in [6.07, 6.45) is 0. The Bertz CT molecular complexity index is 1730. The van der Waals surface area contributed by atoms with Gasteiger partial charge in [-0.25, -0.2) is 9.69 Å². The monoisotopic (exact) mass is 570 g/mol. The average Bonchev–Trinajstić information content (AvgIpc) is 3.30. The molecule has 212 valence electrons. The lowest BCUT2D eigenvalue weighted by Crippen LogP contribution is -2.41. The van der Waals surface area contributed by atoms with Gasteiger partial charge in [0, 0.05) is 23.1 Å². The molecule has 0 unspecified atom stereocenters. The van der Waals surface area contributed by atoms with Crippen molar-refractivity contribution in [1.82, 2.24) is 0 Å². The standard InChI is InChI=1S/C35H26N2O6/c1-19(38)20-14-16-21(17-15-20)36-28(39)18-43-35(42)26-12-6-7-13-27(26)37-33(40)31-29-22-8-2-3-9-23(22)30(32(31)34(37)41)25-11-5-4-10-24(25)29/h2-17,29-32H,18H2,1H3,(H,36,39)/t29?,30?,31-,32+.